The van der Waals surface area contributed by atoms with Gasteiger partial charge < -0.3 is 10.6 Å². The van der Waals surface area contributed by atoms with Crippen molar-refractivity contribution in [2.45, 2.75) is 19.0 Å². The third-order valence-corrected chi connectivity index (χ3v) is 3.22. The summed E-state index contributed by atoms with van der Waals surface area (Å²) in [6.45, 7) is 2.63. The Balaban J connectivity index is 2.07. The Morgan fingerprint density at radius 2 is 2.62 bits per heavy atom. The zero-order chi connectivity index (χ0) is 9.42. The number of amides is 1. The van der Waals surface area contributed by atoms with E-state index in [1.165, 1.54) is 0 Å². The summed E-state index contributed by atoms with van der Waals surface area (Å²) in [6.07, 6.45) is 1.75. The summed E-state index contributed by atoms with van der Waals surface area (Å²) in [7, 11) is 0. The van der Waals surface area contributed by atoms with Gasteiger partial charge in [-0.05, 0) is 6.92 Å². The summed E-state index contributed by atoms with van der Waals surface area (Å²) in [5.74, 6) is 0.0303. The van der Waals surface area contributed by atoms with E-state index in [9.17, 15) is 4.79 Å². The van der Waals surface area contributed by atoms with Crippen LogP contribution in [0.4, 0.5) is 0 Å². The number of carbonyl (C=O) groups excluding carboxylic acids is 1. The van der Waals surface area contributed by atoms with Gasteiger partial charge >= 0.3 is 0 Å². The van der Waals surface area contributed by atoms with Gasteiger partial charge in [0.05, 0.1) is 6.04 Å². The van der Waals surface area contributed by atoms with Gasteiger partial charge in [-0.2, -0.15) is 0 Å². The highest BCUT2D eigenvalue weighted by Crippen LogP contribution is 2.26. The first-order valence-corrected chi connectivity index (χ1v) is 5.03. The van der Waals surface area contributed by atoms with E-state index >= 15 is 0 Å². The predicted molar refractivity (Wildman–Crippen MR) is 50.2 cm³/mol. The van der Waals surface area contributed by atoms with Crippen molar-refractivity contribution in [1.82, 2.24) is 9.88 Å². The number of hydrogen-bond acceptors (Lipinski definition) is 4. The third kappa shape index (κ3) is 1.34. The number of β-lactam (4-membered cyclic amide) rings is 1. The minimum absolute atomic E-state index is 0.0303. The average molecular weight is 197 g/mol. The van der Waals surface area contributed by atoms with Crippen LogP contribution < -0.4 is 5.73 Å². The molecule has 0 bridgehead atoms. The van der Waals surface area contributed by atoms with E-state index in [0.717, 1.165) is 5.01 Å². The van der Waals surface area contributed by atoms with Crippen LogP contribution in [0.25, 0.3) is 0 Å². The summed E-state index contributed by atoms with van der Waals surface area (Å²) in [6, 6.07) is -0.213. The second-order valence-electron chi connectivity index (χ2n) is 3.14. The summed E-state index contributed by atoms with van der Waals surface area (Å²) in [5.41, 5.74) is 5.50. The van der Waals surface area contributed by atoms with Gasteiger partial charge in [-0.1, -0.05) is 0 Å². The zero-order valence-corrected chi connectivity index (χ0v) is 8.12. The van der Waals surface area contributed by atoms with Crippen molar-refractivity contribution in [2.75, 3.05) is 6.54 Å². The van der Waals surface area contributed by atoms with Gasteiger partial charge in [0, 0.05) is 18.1 Å². The van der Waals surface area contributed by atoms with Crippen molar-refractivity contribution in [1.29, 1.82) is 0 Å². The normalized spacial score (nSPS) is 24.3. The van der Waals surface area contributed by atoms with Crippen LogP contribution in [-0.4, -0.2) is 28.4 Å². The van der Waals surface area contributed by atoms with Crippen LogP contribution >= 0.6 is 11.3 Å². The second-order valence-corrected chi connectivity index (χ2v) is 4.07. The number of aromatic nitrogens is 1. The monoisotopic (exact) mass is 197 g/mol. The molecule has 0 aromatic carbocycles. The summed E-state index contributed by atoms with van der Waals surface area (Å²) >= 11 is 1.57. The van der Waals surface area contributed by atoms with Gasteiger partial charge in [0.15, 0.2) is 0 Å². The molecule has 4 nitrogen and oxygen atoms in total. The van der Waals surface area contributed by atoms with Crippen LogP contribution in [0.3, 0.4) is 0 Å². The molecule has 1 aliphatic rings. The van der Waals surface area contributed by atoms with E-state index in [-0.39, 0.29) is 18.0 Å². The highest BCUT2D eigenvalue weighted by molar-refractivity contribution is 7.09. The van der Waals surface area contributed by atoms with Crippen molar-refractivity contribution in [3.63, 3.8) is 0 Å². The Hall–Kier alpha value is -0.940. The maximum atomic E-state index is 11.3. The Morgan fingerprint density at radius 1 is 1.85 bits per heavy atom. The number of thiazole rings is 1. The minimum Gasteiger partial charge on any atom is -0.330 e. The topological polar surface area (TPSA) is 59.2 Å². The van der Waals surface area contributed by atoms with Gasteiger partial charge in [-0.25, -0.2) is 4.98 Å². The van der Waals surface area contributed by atoms with E-state index in [4.69, 9.17) is 5.73 Å². The molecule has 0 spiro atoms. The van der Waals surface area contributed by atoms with E-state index < -0.39 is 0 Å². The lowest BCUT2D eigenvalue weighted by Gasteiger charge is -2.39. The van der Waals surface area contributed by atoms with Gasteiger partial charge in [-0.15, -0.1) is 11.3 Å². The molecule has 2 heterocycles. The molecule has 1 aromatic heterocycles. The van der Waals surface area contributed by atoms with Crippen LogP contribution in [0.1, 0.15) is 18.0 Å². The molecule has 0 aliphatic carbocycles. The fourth-order valence-electron chi connectivity index (χ4n) is 1.40. The third-order valence-electron chi connectivity index (χ3n) is 2.27. The number of hydrogen-bond donors (Lipinski definition) is 1. The van der Waals surface area contributed by atoms with Crippen molar-refractivity contribution in [3.05, 3.63) is 16.6 Å². The molecule has 70 valence electrons. The van der Waals surface area contributed by atoms with E-state index in [0.29, 0.717) is 6.54 Å². The van der Waals surface area contributed by atoms with Gasteiger partial charge in [-0.3, -0.25) is 4.79 Å². The quantitative estimate of drug-likeness (QED) is 0.697. The molecule has 0 saturated carbocycles. The molecule has 0 radical (unpaired) electrons. The molecule has 1 saturated heterocycles. The molecule has 1 aromatic rings. The smallest absolute Gasteiger partial charge is 0.241 e. The van der Waals surface area contributed by atoms with Crippen LogP contribution in [-0.2, 0) is 4.79 Å². The molecule has 2 rings (SSSR count). The molecule has 2 N–H and O–H groups in total. The molecular formula is C8H11N3OS. The molecular weight excluding hydrogens is 186 g/mol. The molecule has 5 heteroatoms. The van der Waals surface area contributed by atoms with Crippen molar-refractivity contribution in [3.8, 4) is 0 Å². The minimum atomic E-state index is -0.289. The number of likely N-dealkylation sites (tertiary alicyclic amines) is 1. The Kier molecular flexibility index (Phi) is 2.05. The first kappa shape index (κ1) is 8.65. The first-order chi connectivity index (χ1) is 6.20. The lowest BCUT2D eigenvalue weighted by atomic mass is 10.1. The average Bonchev–Trinajstić information content (AvgIpc) is 2.65. The van der Waals surface area contributed by atoms with Crippen LogP contribution in [0.2, 0.25) is 0 Å². The SMILES string of the molecule is CC(c1nccs1)N1CC(N)C1=O. The Bertz CT molecular complexity index is 311. The fourth-order valence-corrected chi connectivity index (χ4v) is 2.11. The van der Waals surface area contributed by atoms with Crippen LogP contribution in [0.15, 0.2) is 11.6 Å². The lowest BCUT2D eigenvalue weighted by molar-refractivity contribution is -0.145. The van der Waals surface area contributed by atoms with Crippen molar-refractivity contribution >= 4 is 17.2 Å². The second kappa shape index (κ2) is 3.08. The number of nitrogens with zero attached hydrogens (tertiary/aromatic N) is 2. The fraction of sp³-hybridized carbons (Fsp3) is 0.500. The maximum Gasteiger partial charge on any atom is 0.241 e. The Morgan fingerprint density at radius 3 is 3.08 bits per heavy atom. The summed E-state index contributed by atoms with van der Waals surface area (Å²) in [5, 5.41) is 2.89. The standard InChI is InChI=1S/C8H11N3OS/c1-5(7-10-2-3-13-7)11-4-6(9)8(11)12/h2-3,5-6H,4,9H2,1H3. The van der Waals surface area contributed by atoms with Crippen molar-refractivity contribution < 1.29 is 4.79 Å². The van der Waals surface area contributed by atoms with Crippen LogP contribution in [0, 0.1) is 0 Å². The highest BCUT2D eigenvalue weighted by atomic mass is 32.1. The van der Waals surface area contributed by atoms with Gasteiger partial charge in [0.1, 0.15) is 11.0 Å². The molecule has 1 amide bonds. The molecule has 2 atom stereocenters. The molecule has 1 fully saturated rings. The van der Waals surface area contributed by atoms with Crippen LogP contribution in [0.5, 0.6) is 0 Å². The molecule has 2 unspecified atom stereocenters. The number of nitrogens with two attached hydrogens (primary N) is 1. The number of carbonyl (C=O) groups is 1. The van der Waals surface area contributed by atoms with E-state index in [1.807, 2.05) is 12.3 Å². The predicted octanol–water partition coefficient (Wildman–Crippen LogP) is 0.374. The van der Waals surface area contributed by atoms with Gasteiger partial charge in [0.25, 0.3) is 0 Å². The Labute approximate surface area is 80.4 Å². The zero-order valence-electron chi connectivity index (χ0n) is 7.30. The summed E-state index contributed by atoms with van der Waals surface area (Å²) < 4.78 is 0. The molecule has 13 heavy (non-hydrogen) atoms. The largest absolute Gasteiger partial charge is 0.330 e. The van der Waals surface area contributed by atoms with E-state index in [2.05, 4.69) is 4.98 Å². The van der Waals surface area contributed by atoms with Gasteiger partial charge in [0.2, 0.25) is 5.91 Å². The highest BCUT2D eigenvalue weighted by Gasteiger charge is 2.37. The maximum absolute atomic E-state index is 11.3. The summed E-state index contributed by atoms with van der Waals surface area (Å²) in [4.78, 5) is 17.2. The molecule has 1 aliphatic heterocycles. The number of rotatable bonds is 2. The lowest BCUT2D eigenvalue weighted by Crippen LogP contribution is -2.61. The first-order valence-electron chi connectivity index (χ1n) is 4.15. The van der Waals surface area contributed by atoms with Crippen molar-refractivity contribution in [2.24, 2.45) is 5.73 Å². The van der Waals surface area contributed by atoms with E-state index in [1.54, 1.807) is 22.4 Å².